The standard InChI is InChI=1S/C30H35F3N6O4/c1-28(2,3)43-27(40)39(29(4)12-13-34-18-29)25(30(31,32)33)20-8-11-24-36-37-26(38(24)17-20)22-10-7-19-6-9-21(16-23(19)35-22)42-15-14-41-5/h6-11,16-17,25,34H,12-15,18H2,1-5H3/t25-,29-/m0/s1. The number of benzene rings is 1. The maximum Gasteiger partial charge on any atom is 0.413 e. The Hall–Kier alpha value is -3.97. The first-order chi connectivity index (χ1) is 20.3. The third-order valence-electron chi connectivity index (χ3n) is 7.28. The van der Waals surface area contributed by atoms with Crippen LogP contribution in [-0.2, 0) is 9.47 Å². The molecule has 2 atom stereocenters. The average Bonchev–Trinajstić information content (AvgIpc) is 3.56. The fraction of sp³-hybridized carbons (Fsp3) is 0.467. The Kier molecular flexibility index (Phi) is 8.23. The van der Waals surface area contributed by atoms with Crippen LogP contribution in [0.25, 0.3) is 28.1 Å². The van der Waals surface area contributed by atoms with Gasteiger partial charge in [-0.05, 0) is 64.9 Å². The van der Waals surface area contributed by atoms with Gasteiger partial charge in [0.2, 0.25) is 0 Å². The summed E-state index contributed by atoms with van der Waals surface area (Å²) < 4.78 is 62.7. The summed E-state index contributed by atoms with van der Waals surface area (Å²) in [6.07, 6.45) is -4.20. The fourth-order valence-electron chi connectivity index (χ4n) is 5.24. The van der Waals surface area contributed by atoms with Crippen molar-refractivity contribution >= 4 is 22.6 Å². The second-order valence-corrected chi connectivity index (χ2v) is 11.8. The first-order valence-electron chi connectivity index (χ1n) is 14.0. The van der Waals surface area contributed by atoms with Crippen LogP contribution in [0.5, 0.6) is 5.75 Å². The van der Waals surface area contributed by atoms with Crippen LogP contribution in [0.3, 0.4) is 0 Å². The van der Waals surface area contributed by atoms with Crippen LogP contribution in [0.2, 0.25) is 0 Å². The zero-order chi connectivity index (χ0) is 31.0. The second kappa shape index (κ2) is 11.6. The van der Waals surface area contributed by atoms with Gasteiger partial charge >= 0.3 is 12.3 Å². The van der Waals surface area contributed by atoms with Crippen LogP contribution in [0.1, 0.15) is 45.7 Å². The van der Waals surface area contributed by atoms with Gasteiger partial charge in [-0.2, -0.15) is 13.2 Å². The van der Waals surface area contributed by atoms with Gasteiger partial charge in [0.1, 0.15) is 23.7 Å². The normalized spacial score (nSPS) is 18.2. The first-order valence-corrected chi connectivity index (χ1v) is 14.0. The SMILES string of the molecule is COCCOc1ccc2ccc(-c3nnc4ccc([C@H](N(C(=O)OC(C)(C)C)[C@@]5(C)CCNC5)C(F)(F)F)cn34)nc2c1. The maximum atomic E-state index is 15.0. The predicted molar refractivity (Wildman–Crippen MR) is 154 cm³/mol. The Balaban J connectivity index is 1.58. The number of carbonyl (C=O) groups is 1. The van der Waals surface area contributed by atoms with E-state index in [1.165, 1.54) is 22.7 Å². The Morgan fingerprint density at radius 3 is 2.56 bits per heavy atom. The van der Waals surface area contributed by atoms with Crippen LogP contribution in [0.4, 0.5) is 18.0 Å². The van der Waals surface area contributed by atoms with E-state index in [4.69, 9.17) is 19.2 Å². The lowest BCUT2D eigenvalue weighted by Gasteiger charge is -2.44. The van der Waals surface area contributed by atoms with E-state index < -0.39 is 29.5 Å². The van der Waals surface area contributed by atoms with Crippen molar-refractivity contribution in [1.29, 1.82) is 0 Å². The van der Waals surface area contributed by atoms with Crippen molar-refractivity contribution in [2.24, 2.45) is 0 Å². The van der Waals surface area contributed by atoms with Gasteiger partial charge in [-0.1, -0.05) is 12.1 Å². The number of alkyl halides is 3. The first kappa shape index (κ1) is 30.5. The minimum atomic E-state index is -4.81. The number of ether oxygens (including phenoxy) is 3. The zero-order valence-electron chi connectivity index (χ0n) is 24.7. The molecule has 0 radical (unpaired) electrons. The van der Waals surface area contributed by atoms with Crippen LogP contribution in [-0.4, -0.2) is 81.3 Å². The van der Waals surface area contributed by atoms with Crippen LogP contribution in [0.15, 0.2) is 48.7 Å². The molecule has 5 rings (SSSR count). The van der Waals surface area contributed by atoms with Crippen molar-refractivity contribution in [2.75, 3.05) is 33.4 Å². The molecule has 0 saturated carbocycles. The highest BCUT2D eigenvalue weighted by Gasteiger charge is 2.54. The molecular formula is C30H35F3N6O4. The number of halogens is 3. The summed E-state index contributed by atoms with van der Waals surface area (Å²) in [7, 11) is 1.59. The highest BCUT2D eigenvalue weighted by atomic mass is 19.4. The second-order valence-electron chi connectivity index (χ2n) is 11.8. The van der Waals surface area contributed by atoms with E-state index in [9.17, 15) is 4.79 Å². The van der Waals surface area contributed by atoms with Gasteiger partial charge in [0.05, 0.1) is 17.7 Å². The number of nitrogens with one attached hydrogen (secondary N) is 1. The van der Waals surface area contributed by atoms with Crippen LogP contribution in [0, 0.1) is 0 Å². The molecule has 10 nitrogen and oxygen atoms in total. The van der Waals surface area contributed by atoms with Gasteiger partial charge in [-0.15, -0.1) is 10.2 Å². The van der Waals surface area contributed by atoms with E-state index in [2.05, 4.69) is 15.5 Å². The van der Waals surface area contributed by atoms with Gasteiger partial charge in [0, 0.05) is 36.9 Å². The van der Waals surface area contributed by atoms with E-state index in [0.717, 1.165) is 10.3 Å². The summed E-state index contributed by atoms with van der Waals surface area (Å²) in [5.41, 5.74) is -0.936. The summed E-state index contributed by atoms with van der Waals surface area (Å²) >= 11 is 0. The quantitative estimate of drug-likeness (QED) is 0.262. The van der Waals surface area contributed by atoms with Crippen molar-refractivity contribution in [3.63, 3.8) is 0 Å². The molecule has 1 aliphatic heterocycles. The lowest BCUT2D eigenvalue weighted by atomic mass is 9.94. The van der Waals surface area contributed by atoms with Crippen molar-refractivity contribution in [3.8, 4) is 17.3 Å². The number of nitrogens with zero attached hydrogens (tertiary/aromatic N) is 5. The Morgan fingerprint density at radius 2 is 1.88 bits per heavy atom. The lowest BCUT2D eigenvalue weighted by Crippen LogP contribution is -2.57. The Labute approximate surface area is 247 Å². The number of methoxy groups -OCH3 is 1. The summed E-state index contributed by atoms with van der Waals surface area (Å²) in [4.78, 5) is 19.0. The molecule has 3 aromatic heterocycles. The molecule has 13 heteroatoms. The van der Waals surface area contributed by atoms with Crippen LogP contribution >= 0.6 is 0 Å². The van der Waals surface area contributed by atoms with Gasteiger partial charge in [0.15, 0.2) is 17.5 Å². The van der Waals surface area contributed by atoms with Gasteiger partial charge in [0.25, 0.3) is 0 Å². The molecule has 1 amide bonds. The number of hydrogen-bond donors (Lipinski definition) is 1. The van der Waals surface area contributed by atoms with Crippen molar-refractivity contribution in [2.45, 2.75) is 57.5 Å². The number of hydrogen-bond acceptors (Lipinski definition) is 8. The fourth-order valence-corrected chi connectivity index (χ4v) is 5.24. The van der Waals surface area contributed by atoms with E-state index in [-0.39, 0.29) is 17.9 Å². The van der Waals surface area contributed by atoms with Crippen molar-refractivity contribution in [3.05, 3.63) is 54.2 Å². The monoisotopic (exact) mass is 600 g/mol. The Bertz CT molecular complexity index is 1610. The molecule has 0 bridgehead atoms. The molecule has 4 heterocycles. The van der Waals surface area contributed by atoms with Crippen molar-refractivity contribution < 1.29 is 32.2 Å². The average molecular weight is 601 g/mol. The van der Waals surface area contributed by atoms with E-state index in [0.29, 0.717) is 48.8 Å². The highest BCUT2D eigenvalue weighted by Crippen LogP contribution is 2.44. The molecule has 1 aromatic carbocycles. The van der Waals surface area contributed by atoms with E-state index >= 15 is 13.2 Å². The number of aromatic nitrogens is 4. The summed E-state index contributed by atoms with van der Waals surface area (Å²) in [5, 5.41) is 12.3. The molecule has 43 heavy (non-hydrogen) atoms. The summed E-state index contributed by atoms with van der Waals surface area (Å²) in [6.45, 7) is 7.99. The van der Waals surface area contributed by atoms with Crippen molar-refractivity contribution in [1.82, 2.24) is 29.8 Å². The molecule has 1 aliphatic rings. The molecule has 1 fully saturated rings. The summed E-state index contributed by atoms with van der Waals surface area (Å²) in [5.74, 6) is 0.857. The summed E-state index contributed by atoms with van der Waals surface area (Å²) in [6, 6.07) is 9.54. The third kappa shape index (κ3) is 6.52. The van der Waals surface area contributed by atoms with Gasteiger partial charge in [-0.25, -0.2) is 9.78 Å². The largest absolute Gasteiger partial charge is 0.491 e. The number of carbonyl (C=O) groups excluding carboxylic acids is 1. The van der Waals surface area contributed by atoms with E-state index in [1.54, 1.807) is 46.9 Å². The molecule has 4 aromatic rings. The predicted octanol–water partition coefficient (Wildman–Crippen LogP) is 5.56. The molecule has 0 spiro atoms. The van der Waals surface area contributed by atoms with Gasteiger partial charge in [-0.3, -0.25) is 9.30 Å². The van der Waals surface area contributed by atoms with Gasteiger partial charge < -0.3 is 19.5 Å². The number of fused-ring (bicyclic) bond motifs is 2. The smallest absolute Gasteiger partial charge is 0.413 e. The Morgan fingerprint density at radius 1 is 1.12 bits per heavy atom. The zero-order valence-corrected chi connectivity index (χ0v) is 24.7. The topological polar surface area (TPSA) is 103 Å². The number of pyridine rings is 2. The molecule has 1 saturated heterocycles. The van der Waals surface area contributed by atoms with Crippen LogP contribution < -0.4 is 10.1 Å². The molecule has 0 aliphatic carbocycles. The third-order valence-corrected chi connectivity index (χ3v) is 7.28. The molecule has 0 unspecified atom stereocenters. The van der Waals surface area contributed by atoms with E-state index in [1.807, 2.05) is 18.2 Å². The molecular weight excluding hydrogens is 565 g/mol. The molecule has 1 N–H and O–H groups in total. The molecule has 230 valence electrons. The maximum absolute atomic E-state index is 15.0. The minimum Gasteiger partial charge on any atom is -0.491 e. The minimum absolute atomic E-state index is 0.158. The number of amides is 1. The highest BCUT2D eigenvalue weighted by molar-refractivity contribution is 5.82. The number of rotatable bonds is 8. The lowest BCUT2D eigenvalue weighted by molar-refractivity contribution is -0.195.